The second-order valence-corrected chi connectivity index (χ2v) is 9.19. The molecule has 1 aromatic heterocycles. The Balaban J connectivity index is 1.72. The van der Waals surface area contributed by atoms with E-state index in [2.05, 4.69) is 22.9 Å². The quantitative estimate of drug-likeness (QED) is 0.452. The topological polar surface area (TPSA) is 67.2 Å². The summed E-state index contributed by atoms with van der Waals surface area (Å²) < 4.78 is 41.4. The number of alkyl halides is 3. The van der Waals surface area contributed by atoms with Gasteiger partial charge in [0.15, 0.2) is 0 Å². The summed E-state index contributed by atoms with van der Waals surface area (Å²) in [5, 5.41) is 2.74. The molecular formula is C25H27F3N4O2S. The number of thiol groups is 1. The molecule has 0 spiro atoms. The number of aromatic nitrogens is 2. The van der Waals surface area contributed by atoms with Gasteiger partial charge in [0.05, 0.1) is 22.6 Å². The highest BCUT2D eigenvalue weighted by atomic mass is 32.1. The third-order valence-corrected chi connectivity index (χ3v) is 6.50. The monoisotopic (exact) mass is 504 g/mol. The Bertz CT molecular complexity index is 1240. The number of halogens is 3. The van der Waals surface area contributed by atoms with Gasteiger partial charge in [0.25, 0.3) is 5.91 Å². The maximum Gasteiger partial charge on any atom is 0.416 e. The van der Waals surface area contributed by atoms with Crippen molar-refractivity contribution in [2.24, 2.45) is 0 Å². The lowest BCUT2D eigenvalue weighted by molar-refractivity contribution is -0.137. The molecule has 1 aliphatic rings. The summed E-state index contributed by atoms with van der Waals surface area (Å²) in [7, 11) is 0. The fourth-order valence-corrected chi connectivity index (χ4v) is 4.78. The molecule has 2 aromatic carbocycles. The molecule has 2 heterocycles. The molecule has 1 N–H and O–H groups in total. The summed E-state index contributed by atoms with van der Waals surface area (Å²) in [5.41, 5.74) is 1.45. The smallest absolute Gasteiger partial charge is 0.341 e. The number of rotatable bonds is 5. The van der Waals surface area contributed by atoms with Crippen molar-refractivity contribution in [2.45, 2.75) is 44.8 Å². The van der Waals surface area contributed by atoms with Crippen LogP contribution in [0.15, 0.2) is 42.5 Å². The first-order chi connectivity index (χ1) is 16.7. The average Bonchev–Trinajstić information content (AvgIpc) is 3.01. The minimum Gasteiger partial charge on any atom is -0.341 e. The summed E-state index contributed by atoms with van der Waals surface area (Å²) in [5.74, 6) is 0.0699. The zero-order valence-corrected chi connectivity index (χ0v) is 20.2. The minimum absolute atomic E-state index is 0.0302. The fourth-order valence-electron chi connectivity index (χ4n) is 4.59. The molecule has 0 radical (unpaired) electrons. The van der Waals surface area contributed by atoms with Crippen molar-refractivity contribution in [3.8, 4) is 0 Å². The molecule has 1 aliphatic heterocycles. The van der Waals surface area contributed by atoms with Gasteiger partial charge in [0, 0.05) is 25.1 Å². The van der Waals surface area contributed by atoms with Gasteiger partial charge < -0.3 is 9.47 Å². The maximum atomic E-state index is 13.2. The zero-order valence-electron chi connectivity index (χ0n) is 19.3. The number of carbonyl (C=O) groups is 2. The first kappa shape index (κ1) is 25.1. The molecule has 10 heteroatoms. The van der Waals surface area contributed by atoms with E-state index in [1.807, 2.05) is 34.6 Å². The van der Waals surface area contributed by atoms with Crippen LogP contribution in [-0.4, -0.2) is 45.1 Å². The maximum absolute atomic E-state index is 13.2. The highest BCUT2D eigenvalue weighted by Crippen LogP contribution is 2.33. The molecule has 0 aliphatic carbocycles. The number of nitrogens with one attached hydrogen (secondary N) is 1. The molecule has 6 nitrogen and oxygen atoms in total. The Morgan fingerprint density at radius 2 is 1.94 bits per heavy atom. The van der Waals surface area contributed by atoms with Crippen molar-refractivity contribution < 1.29 is 22.8 Å². The molecule has 1 fully saturated rings. The second kappa shape index (κ2) is 10.3. The third kappa shape index (κ3) is 5.47. The van der Waals surface area contributed by atoms with Crippen LogP contribution in [0.5, 0.6) is 0 Å². The lowest BCUT2D eigenvalue weighted by Crippen LogP contribution is -2.36. The second-order valence-electron chi connectivity index (χ2n) is 8.74. The predicted octanol–water partition coefficient (Wildman–Crippen LogP) is 5.49. The largest absolute Gasteiger partial charge is 0.416 e. The van der Waals surface area contributed by atoms with Gasteiger partial charge in [-0.3, -0.25) is 14.9 Å². The molecule has 186 valence electrons. The van der Waals surface area contributed by atoms with Crippen LogP contribution in [0.1, 0.15) is 53.2 Å². The van der Waals surface area contributed by atoms with Crippen LogP contribution in [-0.2, 0) is 11.0 Å². The van der Waals surface area contributed by atoms with Gasteiger partial charge in [0.1, 0.15) is 0 Å². The number of fused-ring (bicyclic) bond motifs is 1. The van der Waals surface area contributed by atoms with E-state index in [-0.39, 0.29) is 23.5 Å². The number of anilines is 1. The number of likely N-dealkylation sites (tertiary alicyclic amines) is 1. The highest BCUT2D eigenvalue weighted by molar-refractivity contribution is 7.80. The summed E-state index contributed by atoms with van der Waals surface area (Å²) in [6.45, 7) is 3.05. The number of para-hydroxylation sites is 1. The number of carbonyl (C=O) groups excluding carboxylic acids is 2. The Labute approximate surface area is 206 Å². The number of hydrogen-bond donors (Lipinski definition) is 2. The van der Waals surface area contributed by atoms with E-state index in [0.717, 1.165) is 42.5 Å². The van der Waals surface area contributed by atoms with Crippen LogP contribution in [0.4, 0.5) is 19.1 Å². The van der Waals surface area contributed by atoms with Crippen molar-refractivity contribution in [1.82, 2.24) is 14.5 Å². The van der Waals surface area contributed by atoms with Crippen molar-refractivity contribution in [3.63, 3.8) is 0 Å². The standard InChI is InChI=1S/C25H27F3N4O2S/c1-16-6-4-10-20-22(16)32(19-9-2-3-12-31(15-19)21(33)11-13-35)24(29-20)30-23(34)17-7-5-8-18(14-17)25(26,27)28/h4-8,10,14,19,35H,2-3,9,11-13,15H2,1H3,(H,29,30,34)/t19-/m1/s1. The van der Waals surface area contributed by atoms with E-state index in [1.165, 1.54) is 12.1 Å². The van der Waals surface area contributed by atoms with Crippen LogP contribution >= 0.6 is 12.6 Å². The molecule has 0 saturated carbocycles. The van der Waals surface area contributed by atoms with Gasteiger partial charge in [-0.25, -0.2) is 4.98 Å². The third-order valence-electron chi connectivity index (χ3n) is 6.28. The summed E-state index contributed by atoms with van der Waals surface area (Å²) in [4.78, 5) is 32.1. The van der Waals surface area contributed by atoms with Crippen LogP contribution < -0.4 is 5.32 Å². The van der Waals surface area contributed by atoms with Crippen LogP contribution in [0.3, 0.4) is 0 Å². The van der Waals surface area contributed by atoms with E-state index in [0.29, 0.717) is 30.8 Å². The minimum atomic E-state index is -4.55. The summed E-state index contributed by atoms with van der Waals surface area (Å²) >= 11 is 4.18. The normalized spacial score (nSPS) is 16.8. The number of aryl methyl sites for hydroxylation is 1. The lowest BCUT2D eigenvalue weighted by atomic mass is 10.1. The van der Waals surface area contributed by atoms with E-state index < -0.39 is 17.6 Å². The fraction of sp³-hybridized carbons (Fsp3) is 0.400. The molecule has 4 rings (SSSR count). The van der Waals surface area contributed by atoms with Gasteiger partial charge >= 0.3 is 6.18 Å². The molecule has 0 bridgehead atoms. The first-order valence-electron chi connectivity index (χ1n) is 11.5. The van der Waals surface area contributed by atoms with Crippen molar-refractivity contribution in [2.75, 3.05) is 24.2 Å². The van der Waals surface area contributed by atoms with Gasteiger partial charge in [-0.05, 0) is 61.8 Å². The highest BCUT2D eigenvalue weighted by Gasteiger charge is 2.31. The van der Waals surface area contributed by atoms with E-state index in [9.17, 15) is 22.8 Å². The van der Waals surface area contributed by atoms with Gasteiger partial charge in [-0.1, -0.05) is 18.2 Å². The Morgan fingerprint density at radius 1 is 1.17 bits per heavy atom. The summed E-state index contributed by atoms with van der Waals surface area (Å²) in [6, 6.07) is 9.80. The first-order valence-corrected chi connectivity index (χ1v) is 12.2. The van der Waals surface area contributed by atoms with E-state index in [1.54, 1.807) is 0 Å². The number of amides is 2. The molecule has 1 atom stereocenters. The predicted molar refractivity (Wildman–Crippen MR) is 132 cm³/mol. The Morgan fingerprint density at radius 3 is 2.69 bits per heavy atom. The van der Waals surface area contributed by atoms with Crippen LogP contribution in [0.25, 0.3) is 11.0 Å². The number of hydrogen-bond acceptors (Lipinski definition) is 4. The SMILES string of the molecule is Cc1cccc2nc(NC(=O)c3cccc(C(F)(F)F)c3)n([C@@H]3CCCCN(C(=O)CCS)C3)c12. The van der Waals surface area contributed by atoms with E-state index >= 15 is 0 Å². The van der Waals surface area contributed by atoms with Crippen LogP contribution in [0.2, 0.25) is 0 Å². The Hall–Kier alpha value is -3.01. The molecule has 3 aromatic rings. The van der Waals surface area contributed by atoms with Crippen LogP contribution in [0, 0.1) is 6.92 Å². The molecular weight excluding hydrogens is 477 g/mol. The molecule has 2 amide bonds. The van der Waals surface area contributed by atoms with Gasteiger partial charge in [-0.15, -0.1) is 0 Å². The van der Waals surface area contributed by atoms with Crippen molar-refractivity contribution in [1.29, 1.82) is 0 Å². The lowest BCUT2D eigenvalue weighted by Gasteiger charge is -2.27. The zero-order chi connectivity index (χ0) is 25.2. The average molecular weight is 505 g/mol. The van der Waals surface area contributed by atoms with Crippen molar-refractivity contribution >= 4 is 41.4 Å². The van der Waals surface area contributed by atoms with Gasteiger partial charge in [0.2, 0.25) is 11.9 Å². The molecule has 0 unspecified atom stereocenters. The summed E-state index contributed by atoms with van der Waals surface area (Å²) in [6.07, 6.45) is -1.67. The molecule has 35 heavy (non-hydrogen) atoms. The van der Waals surface area contributed by atoms with Gasteiger partial charge in [-0.2, -0.15) is 25.8 Å². The number of imidazole rings is 1. The number of benzene rings is 2. The Kier molecular flexibility index (Phi) is 7.39. The number of nitrogens with zero attached hydrogens (tertiary/aromatic N) is 3. The molecule has 1 saturated heterocycles. The van der Waals surface area contributed by atoms with Crippen molar-refractivity contribution in [3.05, 3.63) is 59.2 Å². The van der Waals surface area contributed by atoms with E-state index in [4.69, 9.17) is 0 Å².